The molecule has 0 radical (unpaired) electrons. The van der Waals surface area contributed by atoms with Crippen molar-refractivity contribution in [3.8, 4) is 0 Å². The Morgan fingerprint density at radius 1 is 1.42 bits per heavy atom. The molecule has 0 bridgehead atoms. The number of carbonyl (C=O) groups is 1. The van der Waals surface area contributed by atoms with Crippen LogP contribution in [0.1, 0.15) is 18.4 Å². The number of nitrogens with zero attached hydrogens (tertiary/aromatic N) is 1. The maximum Gasteiger partial charge on any atom is 0.220 e. The van der Waals surface area contributed by atoms with Crippen molar-refractivity contribution in [3.05, 3.63) is 22.4 Å². The highest BCUT2D eigenvalue weighted by molar-refractivity contribution is 7.07. The summed E-state index contributed by atoms with van der Waals surface area (Å²) in [6.45, 7) is 5.55. The van der Waals surface area contributed by atoms with Crippen molar-refractivity contribution in [1.29, 1.82) is 0 Å². The molecule has 0 unspecified atom stereocenters. The quantitative estimate of drug-likeness (QED) is 0.771. The minimum absolute atomic E-state index is 0.160. The predicted octanol–water partition coefficient (Wildman–Crippen LogP) is 1.52. The average molecular weight is 282 g/mol. The van der Waals surface area contributed by atoms with E-state index in [-0.39, 0.29) is 5.91 Å². The number of ether oxygens (including phenoxy) is 1. The van der Waals surface area contributed by atoms with Crippen LogP contribution in [-0.4, -0.2) is 50.2 Å². The first-order chi connectivity index (χ1) is 9.34. The van der Waals surface area contributed by atoms with Gasteiger partial charge in [0.15, 0.2) is 0 Å². The molecule has 0 aliphatic carbocycles. The van der Waals surface area contributed by atoms with Gasteiger partial charge in [-0.05, 0) is 41.8 Å². The Hall–Kier alpha value is -0.910. The average Bonchev–Trinajstić information content (AvgIpc) is 2.96. The summed E-state index contributed by atoms with van der Waals surface area (Å²) in [6, 6.07) is 2.08. The molecule has 0 aromatic carbocycles. The van der Waals surface area contributed by atoms with Crippen LogP contribution in [0, 0.1) is 0 Å². The molecule has 1 aliphatic heterocycles. The third kappa shape index (κ3) is 5.72. The molecule has 106 valence electrons. The van der Waals surface area contributed by atoms with Gasteiger partial charge in [0.2, 0.25) is 5.91 Å². The number of nitrogens with one attached hydrogen (secondary N) is 1. The Bertz CT molecular complexity index is 362. The summed E-state index contributed by atoms with van der Waals surface area (Å²) in [5.41, 5.74) is 1.26. The molecule has 1 saturated heterocycles. The van der Waals surface area contributed by atoms with Crippen LogP contribution in [0.15, 0.2) is 16.8 Å². The van der Waals surface area contributed by atoms with E-state index in [4.69, 9.17) is 4.74 Å². The molecule has 1 aromatic rings. The van der Waals surface area contributed by atoms with Gasteiger partial charge >= 0.3 is 0 Å². The van der Waals surface area contributed by atoms with E-state index in [0.29, 0.717) is 6.42 Å². The minimum atomic E-state index is 0.160. The van der Waals surface area contributed by atoms with Crippen LogP contribution in [0.25, 0.3) is 0 Å². The van der Waals surface area contributed by atoms with Gasteiger partial charge in [-0.25, -0.2) is 0 Å². The van der Waals surface area contributed by atoms with Gasteiger partial charge in [-0.15, -0.1) is 0 Å². The van der Waals surface area contributed by atoms with Crippen molar-refractivity contribution in [2.75, 3.05) is 39.4 Å². The van der Waals surface area contributed by atoms with E-state index >= 15 is 0 Å². The van der Waals surface area contributed by atoms with Crippen LogP contribution in [-0.2, 0) is 16.0 Å². The summed E-state index contributed by atoms with van der Waals surface area (Å²) >= 11 is 1.68. The summed E-state index contributed by atoms with van der Waals surface area (Å²) in [5.74, 6) is 0.160. The van der Waals surface area contributed by atoms with Gasteiger partial charge in [0.05, 0.1) is 13.2 Å². The van der Waals surface area contributed by atoms with E-state index in [1.165, 1.54) is 5.56 Å². The molecule has 5 heteroatoms. The fraction of sp³-hybridized carbons (Fsp3) is 0.643. The molecule has 1 N–H and O–H groups in total. The Morgan fingerprint density at radius 2 is 2.26 bits per heavy atom. The third-order valence-corrected chi connectivity index (χ3v) is 4.03. The van der Waals surface area contributed by atoms with E-state index in [0.717, 1.165) is 52.2 Å². The van der Waals surface area contributed by atoms with Gasteiger partial charge in [0.25, 0.3) is 0 Å². The predicted molar refractivity (Wildman–Crippen MR) is 77.5 cm³/mol. The fourth-order valence-corrected chi connectivity index (χ4v) is 2.84. The summed E-state index contributed by atoms with van der Waals surface area (Å²) in [6.07, 6.45) is 2.46. The molecule has 1 aromatic heterocycles. The molecular formula is C14H22N2O2S. The highest BCUT2D eigenvalue weighted by Crippen LogP contribution is 2.08. The molecule has 1 amide bonds. The summed E-state index contributed by atoms with van der Waals surface area (Å²) in [5, 5.41) is 7.15. The van der Waals surface area contributed by atoms with Gasteiger partial charge in [-0.3, -0.25) is 9.69 Å². The zero-order valence-electron chi connectivity index (χ0n) is 11.3. The number of aryl methyl sites for hydroxylation is 1. The molecule has 2 heterocycles. The zero-order chi connectivity index (χ0) is 13.3. The Balaban J connectivity index is 1.49. The van der Waals surface area contributed by atoms with Gasteiger partial charge in [0, 0.05) is 26.1 Å². The van der Waals surface area contributed by atoms with Crippen LogP contribution in [0.4, 0.5) is 0 Å². The fourth-order valence-electron chi connectivity index (χ4n) is 2.14. The van der Waals surface area contributed by atoms with Crippen molar-refractivity contribution in [3.63, 3.8) is 0 Å². The highest BCUT2D eigenvalue weighted by atomic mass is 32.1. The van der Waals surface area contributed by atoms with Crippen LogP contribution in [0.5, 0.6) is 0 Å². The van der Waals surface area contributed by atoms with Crippen LogP contribution < -0.4 is 5.32 Å². The second-order valence-electron chi connectivity index (χ2n) is 4.79. The van der Waals surface area contributed by atoms with E-state index in [2.05, 4.69) is 27.0 Å². The van der Waals surface area contributed by atoms with Gasteiger partial charge < -0.3 is 10.1 Å². The SMILES string of the molecule is O=C(CCc1ccsc1)NCCCN1CCOCC1. The molecule has 4 nitrogen and oxygen atoms in total. The van der Waals surface area contributed by atoms with Gasteiger partial charge in [-0.1, -0.05) is 0 Å². The lowest BCUT2D eigenvalue weighted by Gasteiger charge is -2.26. The van der Waals surface area contributed by atoms with Crippen LogP contribution in [0.3, 0.4) is 0 Å². The van der Waals surface area contributed by atoms with Crippen molar-refractivity contribution in [1.82, 2.24) is 10.2 Å². The lowest BCUT2D eigenvalue weighted by molar-refractivity contribution is -0.121. The summed E-state index contributed by atoms with van der Waals surface area (Å²) in [4.78, 5) is 14.0. The third-order valence-electron chi connectivity index (χ3n) is 3.30. The number of hydrogen-bond donors (Lipinski definition) is 1. The Labute approximate surface area is 118 Å². The minimum Gasteiger partial charge on any atom is -0.379 e. The first-order valence-electron chi connectivity index (χ1n) is 6.92. The molecule has 1 aliphatic rings. The van der Waals surface area contributed by atoms with Crippen molar-refractivity contribution >= 4 is 17.2 Å². The number of hydrogen-bond acceptors (Lipinski definition) is 4. The maximum atomic E-state index is 11.6. The van der Waals surface area contributed by atoms with Crippen LogP contribution in [0.2, 0.25) is 0 Å². The van der Waals surface area contributed by atoms with Crippen molar-refractivity contribution in [2.24, 2.45) is 0 Å². The normalized spacial score (nSPS) is 16.4. The first-order valence-corrected chi connectivity index (χ1v) is 7.87. The van der Waals surface area contributed by atoms with Gasteiger partial charge in [-0.2, -0.15) is 11.3 Å². The number of amides is 1. The highest BCUT2D eigenvalue weighted by Gasteiger charge is 2.09. The molecular weight excluding hydrogens is 260 g/mol. The molecule has 2 rings (SSSR count). The second kappa shape index (κ2) is 8.30. The Kier molecular flexibility index (Phi) is 6.33. The number of rotatable bonds is 7. The molecule has 1 fully saturated rings. The van der Waals surface area contributed by atoms with Gasteiger partial charge in [0.1, 0.15) is 0 Å². The van der Waals surface area contributed by atoms with E-state index < -0.39 is 0 Å². The van der Waals surface area contributed by atoms with Crippen molar-refractivity contribution < 1.29 is 9.53 Å². The van der Waals surface area contributed by atoms with Crippen molar-refractivity contribution in [2.45, 2.75) is 19.3 Å². The van der Waals surface area contributed by atoms with E-state index in [1.54, 1.807) is 11.3 Å². The lowest BCUT2D eigenvalue weighted by atomic mass is 10.2. The molecule has 19 heavy (non-hydrogen) atoms. The number of thiophene rings is 1. The zero-order valence-corrected chi connectivity index (χ0v) is 12.1. The monoisotopic (exact) mass is 282 g/mol. The van der Waals surface area contributed by atoms with E-state index in [9.17, 15) is 4.79 Å². The Morgan fingerprint density at radius 3 is 3.00 bits per heavy atom. The standard InChI is InChI=1S/C14H22N2O2S/c17-14(3-2-13-4-11-19-12-13)15-5-1-6-16-7-9-18-10-8-16/h4,11-12H,1-3,5-10H2,(H,15,17). The maximum absolute atomic E-state index is 11.6. The lowest BCUT2D eigenvalue weighted by Crippen LogP contribution is -2.38. The number of morpholine rings is 1. The second-order valence-corrected chi connectivity index (χ2v) is 5.57. The number of carbonyl (C=O) groups excluding carboxylic acids is 1. The van der Waals surface area contributed by atoms with E-state index in [1.807, 2.05) is 0 Å². The summed E-state index contributed by atoms with van der Waals surface area (Å²) in [7, 11) is 0. The summed E-state index contributed by atoms with van der Waals surface area (Å²) < 4.78 is 5.30. The van der Waals surface area contributed by atoms with Crippen LogP contribution >= 0.6 is 11.3 Å². The largest absolute Gasteiger partial charge is 0.379 e. The molecule has 0 atom stereocenters. The molecule has 0 spiro atoms. The first kappa shape index (κ1) is 14.5. The molecule has 0 saturated carbocycles. The smallest absolute Gasteiger partial charge is 0.220 e. The topological polar surface area (TPSA) is 41.6 Å².